The van der Waals surface area contributed by atoms with Gasteiger partial charge in [0.15, 0.2) is 0 Å². The van der Waals surface area contributed by atoms with Crippen molar-refractivity contribution >= 4 is 10.1 Å². The van der Waals surface area contributed by atoms with E-state index in [9.17, 15) is 8.42 Å². The van der Waals surface area contributed by atoms with Crippen LogP contribution < -0.4 is 4.18 Å². The number of benzene rings is 1. The van der Waals surface area contributed by atoms with E-state index in [1.165, 1.54) is 0 Å². The van der Waals surface area contributed by atoms with Crippen LogP contribution in [-0.4, -0.2) is 14.2 Å². The Morgan fingerprint density at radius 2 is 1.83 bits per heavy atom. The number of hydrogen-bond donors (Lipinski definition) is 0. The summed E-state index contributed by atoms with van der Waals surface area (Å²) in [4.78, 5) is 0. The van der Waals surface area contributed by atoms with Gasteiger partial charge in [0.1, 0.15) is 5.75 Å². The first-order valence-electron chi connectivity index (χ1n) is 6.32. The molecule has 0 aromatic heterocycles. The third-order valence-corrected chi connectivity index (χ3v) is 3.88. The molecule has 0 fully saturated rings. The van der Waals surface area contributed by atoms with E-state index in [0.717, 1.165) is 5.56 Å². The van der Waals surface area contributed by atoms with Gasteiger partial charge in [-0.15, -0.1) is 0 Å². The van der Waals surface area contributed by atoms with Gasteiger partial charge in [-0.25, -0.2) is 0 Å². The maximum Gasteiger partial charge on any atom is 0.309 e. The lowest BCUT2D eigenvalue weighted by Crippen LogP contribution is -2.15. The van der Waals surface area contributed by atoms with Crippen LogP contribution in [-0.2, 0) is 10.1 Å². The van der Waals surface area contributed by atoms with Gasteiger partial charge in [-0.1, -0.05) is 39.8 Å². The second kappa shape index (κ2) is 6.23. The monoisotopic (exact) mass is 270 g/mol. The van der Waals surface area contributed by atoms with Crippen molar-refractivity contribution in [1.82, 2.24) is 0 Å². The van der Waals surface area contributed by atoms with Crippen LogP contribution in [0, 0.1) is 5.92 Å². The van der Waals surface area contributed by atoms with E-state index >= 15 is 0 Å². The van der Waals surface area contributed by atoms with E-state index in [0.29, 0.717) is 24.0 Å². The van der Waals surface area contributed by atoms with Crippen molar-refractivity contribution < 1.29 is 12.6 Å². The van der Waals surface area contributed by atoms with E-state index in [1.807, 2.05) is 26.0 Å². The molecule has 0 bridgehead atoms. The highest BCUT2D eigenvalue weighted by Gasteiger charge is 2.14. The Balaban J connectivity index is 2.75. The molecule has 0 aliphatic rings. The van der Waals surface area contributed by atoms with E-state index in [2.05, 4.69) is 13.8 Å². The van der Waals surface area contributed by atoms with E-state index < -0.39 is 10.1 Å². The molecule has 3 nitrogen and oxygen atoms in total. The SMILES string of the molecule is CC(C)CCS(=O)(=O)Oc1cccc(C(C)C)c1. The second-order valence-electron chi connectivity index (χ2n) is 5.25. The first-order chi connectivity index (χ1) is 8.30. The summed E-state index contributed by atoms with van der Waals surface area (Å²) in [5.41, 5.74) is 1.08. The second-order valence-corrected chi connectivity index (χ2v) is 6.95. The smallest absolute Gasteiger partial charge is 0.309 e. The summed E-state index contributed by atoms with van der Waals surface area (Å²) in [5, 5.41) is 0. The Bertz CT molecular complexity index is 476. The minimum Gasteiger partial charge on any atom is -0.382 e. The average molecular weight is 270 g/mol. The van der Waals surface area contributed by atoms with Crippen LogP contribution >= 0.6 is 0 Å². The third-order valence-electron chi connectivity index (χ3n) is 2.69. The molecule has 0 N–H and O–H groups in total. The van der Waals surface area contributed by atoms with Crippen LogP contribution in [0.25, 0.3) is 0 Å². The summed E-state index contributed by atoms with van der Waals surface area (Å²) in [5.74, 6) is 1.18. The molecule has 18 heavy (non-hydrogen) atoms. The molecule has 0 spiro atoms. The fourth-order valence-corrected chi connectivity index (χ4v) is 2.73. The summed E-state index contributed by atoms with van der Waals surface area (Å²) in [7, 11) is -3.47. The normalized spacial score (nSPS) is 12.1. The van der Waals surface area contributed by atoms with Gasteiger partial charge in [-0.3, -0.25) is 0 Å². The van der Waals surface area contributed by atoms with Crippen molar-refractivity contribution in [2.24, 2.45) is 5.92 Å². The fraction of sp³-hybridized carbons (Fsp3) is 0.571. The average Bonchev–Trinajstić information content (AvgIpc) is 2.26. The first kappa shape index (κ1) is 15.0. The summed E-state index contributed by atoms with van der Waals surface area (Å²) in [6, 6.07) is 7.26. The summed E-state index contributed by atoms with van der Waals surface area (Å²) in [6.45, 7) is 8.11. The topological polar surface area (TPSA) is 43.4 Å². The molecule has 4 heteroatoms. The van der Waals surface area contributed by atoms with Crippen LogP contribution in [0.3, 0.4) is 0 Å². The van der Waals surface area contributed by atoms with Crippen molar-refractivity contribution in [2.45, 2.75) is 40.0 Å². The van der Waals surface area contributed by atoms with Crippen LogP contribution in [0.5, 0.6) is 5.75 Å². The standard InChI is InChI=1S/C14H22O3S/c1-11(2)8-9-18(15,16)17-14-7-5-6-13(10-14)12(3)4/h5-7,10-12H,8-9H2,1-4H3. The predicted octanol–water partition coefficient (Wildman–Crippen LogP) is 3.56. The molecule has 1 rings (SSSR count). The zero-order valence-corrected chi connectivity index (χ0v) is 12.3. The molecule has 1 aromatic rings. The van der Waals surface area contributed by atoms with Crippen LogP contribution in [0.15, 0.2) is 24.3 Å². The Morgan fingerprint density at radius 3 is 2.39 bits per heavy atom. The van der Waals surface area contributed by atoms with Gasteiger partial charge in [0.25, 0.3) is 0 Å². The highest BCUT2D eigenvalue weighted by atomic mass is 32.2. The minimum atomic E-state index is -3.47. The summed E-state index contributed by atoms with van der Waals surface area (Å²) < 4.78 is 28.6. The van der Waals surface area contributed by atoms with E-state index in [4.69, 9.17) is 4.18 Å². The Labute approximate surface area is 110 Å². The molecule has 0 aliphatic heterocycles. The van der Waals surface area contributed by atoms with Crippen LogP contribution in [0.4, 0.5) is 0 Å². The van der Waals surface area contributed by atoms with Crippen molar-refractivity contribution in [3.05, 3.63) is 29.8 Å². The lowest BCUT2D eigenvalue weighted by molar-refractivity contribution is 0.476. The molecular formula is C14H22O3S. The number of hydrogen-bond acceptors (Lipinski definition) is 3. The molecule has 0 radical (unpaired) electrons. The van der Waals surface area contributed by atoms with Gasteiger partial charge < -0.3 is 4.18 Å². The Kier molecular flexibility index (Phi) is 5.20. The highest BCUT2D eigenvalue weighted by molar-refractivity contribution is 7.87. The van der Waals surface area contributed by atoms with Crippen molar-refractivity contribution in [2.75, 3.05) is 5.75 Å². The molecule has 0 atom stereocenters. The molecule has 0 heterocycles. The molecule has 0 saturated carbocycles. The van der Waals surface area contributed by atoms with Crippen LogP contribution in [0.2, 0.25) is 0 Å². The van der Waals surface area contributed by atoms with Gasteiger partial charge in [0.05, 0.1) is 5.75 Å². The zero-order valence-electron chi connectivity index (χ0n) is 11.5. The quantitative estimate of drug-likeness (QED) is 0.742. The minimum absolute atomic E-state index is 0.0660. The molecule has 1 aromatic carbocycles. The highest BCUT2D eigenvalue weighted by Crippen LogP contribution is 2.21. The third kappa shape index (κ3) is 5.08. The lowest BCUT2D eigenvalue weighted by Gasteiger charge is -2.10. The van der Waals surface area contributed by atoms with Crippen LogP contribution in [0.1, 0.15) is 45.6 Å². The maximum atomic E-state index is 11.8. The van der Waals surface area contributed by atoms with Gasteiger partial charge in [-0.2, -0.15) is 8.42 Å². The molecule has 102 valence electrons. The molecular weight excluding hydrogens is 248 g/mol. The van der Waals surface area contributed by atoms with Gasteiger partial charge >= 0.3 is 10.1 Å². The summed E-state index contributed by atoms with van der Waals surface area (Å²) in [6.07, 6.45) is 0.617. The molecule has 0 saturated heterocycles. The molecule has 0 amide bonds. The van der Waals surface area contributed by atoms with Crippen molar-refractivity contribution in [3.63, 3.8) is 0 Å². The van der Waals surface area contributed by atoms with E-state index in [1.54, 1.807) is 12.1 Å². The van der Waals surface area contributed by atoms with Gasteiger partial charge in [0.2, 0.25) is 0 Å². The Morgan fingerprint density at radius 1 is 1.17 bits per heavy atom. The Hall–Kier alpha value is -1.03. The van der Waals surface area contributed by atoms with Gasteiger partial charge in [-0.05, 0) is 36.0 Å². The predicted molar refractivity (Wildman–Crippen MR) is 74.4 cm³/mol. The zero-order chi connectivity index (χ0) is 13.8. The summed E-state index contributed by atoms with van der Waals surface area (Å²) >= 11 is 0. The molecule has 0 aliphatic carbocycles. The van der Waals surface area contributed by atoms with E-state index in [-0.39, 0.29) is 5.75 Å². The van der Waals surface area contributed by atoms with Gasteiger partial charge in [0, 0.05) is 0 Å². The number of rotatable bonds is 6. The maximum absolute atomic E-state index is 11.8. The lowest BCUT2D eigenvalue weighted by atomic mass is 10.0. The van der Waals surface area contributed by atoms with Crippen molar-refractivity contribution in [1.29, 1.82) is 0 Å². The first-order valence-corrected chi connectivity index (χ1v) is 7.90. The largest absolute Gasteiger partial charge is 0.382 e. The molecule has 0 unspecified atom stereocenters. The fourth-order valence-electron chi connectivity index (χ4n) is 1.49. The van der Waals surface area contributed by atoms with Crippen molar-refractivity contribution in [3.8, 4) is 5.75 Å².